The quantitative estimate of drug-likeness (QED) is 0.512. The number of rotatable bonds is 3. The van der Waals surface area contributed by atoms with E-state index >= 15 is 0 Å². The Balaban J connectivity index is 1.91. The van der Waals surface area contributed by atoms with Gasteiger partial charge in [-0.3, -0.25) is 9.59 Å². The number of hydrogen-bond acceptors (Lipinski definition) is 4. The van der Waals surface area contributed by atoms with Crippen LogP contribution >= 0.6 is 11.6 Å². The monoisotopic (exact) mass is 417 g/mol. The highest BCUT2D eigenvalue weighted by molar-refractivity contribution is 6.32. The molecule has 4 rings (SSSR count). The minimum atomic E-state index is -0.191. The summed E-state index contributed by atoms with van der Waals surface area (Å²) in [6, 6.07) is 12.0. The van der Waals surface area contributed by atoms with Gasteiger partial charge in [-0.25, -0.2) is 4.68 Å². The number of nitrogens with zero attached hydrogens (tertiary/aromatic N) is 5. The van der Waals surface area contributed by atoms with E-state index < -0.39 is 0 Å². The molecule has 8 heteroatoms. The number of nitriles is 1. The zero-order valence-electron chi connectivity index (χ0n) is 16.2. The molecule has 0 spiro atoms. The zero-order valence-corrected chi connectivity index (χ0v) is 17.0. The van der Waals surface area contributed by atoms with Crippen LogP contribution in [0.3, 0.4) is 0 Å². The number of benzene rings is 1. The minimum Gasteiger partial charge on any atom is -0.319 e. The Kier molecular flexibility index (Phi) is 4.86. The van der Waals surface area contributed by atoms with Gasteiger partial charge in [0.1, 0.15) is 6.07 Å². The lowest BCUT2D eigenvalue weighted by Crippen LogP contribution is -2.17. The van der Waals surface area contributed by atoms with E-state index in [1.165, 1.54) is 21.3 Å². The molecule has 0 saturated heterocycles. The van der Waals surface area contributed by atoms with Crippen molar-refractivity contribution in [2.75, 3.05) is 0 Å². The molecule has 7 nitrogen and oxygen atoms in total. The van der Waals surface area contributed by atoms with Crippen molar-refractivity contribution in [3.05, 3.63) is 92.5 Å². The molecule has 0 aliphatic carbocycles. The molecule has 0 N–H and O–H groups in total. The summed E-state index contributed by atoms with van der Waals surface area (Å²) in [5.41, 5.74) is 3.23. The summed E-state index contributed by atoms with van der Waals surface area (Å²) in [6.07, 6.45) is 6.77. The second kappa shape index (κ2) is 7.50. The van der Waals surface area contributed by atoms with E-state index in [0.29, 0.717) is 27.4 Å². The van der Waals surface area contributed by atoms with E-state index in [2.05, 4.69) is 11.2 Å². The first-order valence-corrected chi connectivity index (χ1v) is 9.38. The third-order valence-electron chi connectivity index (χ3n) is 4.89. The summed E-state index contributed by atoms with van der Waals surface area (Å²) in [6.45, 7) is 0. The summed E-state index contributed by atoms with van der Waals surface area (Å²) in [4.78, 5) is 24.4. The lowest BCUT2D eigenvalue weighted by atomic mass is 9.99. The van der Waals surface area contributed by atoms with Crippen LogP contribution in [0.25, 0.3) is 27.9 Å². The lowest BCUT2D eigenvalue weighted by molar-refractivity contribution is 0.857. The fraction of sp³-hybridized carbons (Fsp3) is 0.0909. The third-order valence-corrected chi connectivity index (χ3v) is 5.20. The van der Waals surface area contributed by atoms with Gasteiger partial charge in [-0.05, 0) is 29.3 Å². The maximum atomic E-state index is 12.3. The van der Waals surface area contributed by atoms with Crippen LogP contribution in [0.2, 0.25) is 5.02 Å². The Morgan fingerprint density at radius 1 is 0.967 bits per heavy atom. The van der Waals surface area contributed by atoms with E-state index in [1.807, 2.05) is 0 Å². The van der Waals surface area contributed by atoms with Crippen LogP contribution in [0.5, 0.6) is 0 Å². The van der Waals surface area contributed by atoms with Gasteiger partial charge >= 0.3 is 0 Å². The smallest absolute Gasteiger partial charge is 0.250 e. The molecule has 0 radical (unpaired) electrons. The Bertz CT molecular complexity index is 1440. The highest BCUT2D eigenvalue weighted by Crippen LogP contribution is 2.31. The molecule has 148 valence electrons. The van der Waals surface area contributed by atoms with Gasteiger partial charge in [0.15, 0.2) is 0 Å². The first-order chi connectivity index (χ1) is 14.4. The van der Waals surface area contributed by atoms with Crippen molar-refractivity contribution in [1.82, 2.24) is 18.9 Å². The van der Waals surface area contributed by atoms with Gasteiger partial charge in [0, 0.05) is 55.9 Å². The molecule has 0 atom stereocenters. The number of pyridine rings is 2. The molecule has 1 aromatic carbocycles. The van der Waals surface area contributed by atoms with Gasteiger partial charge in [0.05, 0.1) is 22.5 Å². The van der Waals surface area contributed by atoms with E-state index in [-0.39, 0.29) is 11.1 Å². The summed E-state index contributed by atoms with van der Waals surface area (Å²) < 4.78 is 4.50. The van der Waals surface area contributed by atoms with Crippen molar-refractivity contribution in [1.29, 1.82) is 5.26 Å². The van der Waals surface area contributed by atoms with Crippen molar-refractivity contribution in [3.63, 3.8) is 0 Å². The Labute approximate surface area is 176 Å². The second-order valence-electron chi connectivity index (χ2n) is 6.83. The van der Waals surface area contributed by atoms with Gasteiger partial charge in [0.2, 0.25) is 0 Å². The molecular formula is C22H16ClN5O2. The highest BCUT2D eigenvalue weighted by atomic mass is 35.5. The van der Waals surface area contributed by atoms with Gasteiger partial charge in [0.25, 0.3) is 11.1 Å². The fourth-order valence-corrected chi connectivity index (χ4v) is 3.43. The Hall–Kier alpha value is -3.89. The van der Waals surface area contributed by atoms with Gasteiger partial charge in [-0.1, -0.05) is 17.7 Å². The predicted molar refractivity (Wildman–Crippen MR) is 115 cm³/mol. The summed E-state index contributed by atoms with van der Waals surface area (Å²) in [5.74, 6) is 0. The molecule has 0 amide bonds. The third kappa shape index (κ3) is 3.34. The average Bonchev–Trinajstić information content (AvgIpc) is 3.21. The van der Waals surface area contributed by atoms with Crippen molar-refractivity contribution >= 4 is 11.6 Å². The number of halogens is 1. The van der Waals surface area contributed by atoms with Crippen molar-refractivity contribution in [3.8, 4) is 34.0 Å². The van der Waals surface area contributed by atoms with Crippen molar-refractivity contribution in [2.24, 2.45) is 14.1 Å². The molecular weight excluding hydrogens is 402 g/mol. The lowest BCUT2D eigenvalue weighted by Gasteiger charge is -2.11. The first-order valence-electron chi connectivity index (χ1n) is 9.01. The first kappa shape index (κ1) is 19.4. The van der Waals surface area contributed by atoms with Gasteiger partial charge in [-0.15, -0.1) is 0 Å². The molecule has 3 heterocycles. The highest BCUT2D eigenvalue weighted by Gasteiger charge is 2.15. The van der Waals surface area contributed by atoms with Crippen LogP contribution in [0.4, 0.5) is 0 Å². The maximum absolute atomic E-state index is 12.3. The number of hydrogen-bond donors (Lipinski definition) is 0. The van der Waals surface area contributed by atoms with Crippen LogP contribution < -0.4 is 11.1 Å². The van der Waals surface area contributed by atoms with E-state index in [1.54, 1.807) is 67.8 Å². The second-order valence-corrected chi connectivity index (χ2v) is 7.24. The fourth-order valence-electron chi connectivity index (χ4n) is 3.22. The summed E-state index contributed by atoms with van der Waals surface area (Å²) in [7, 11) is 3.33. The van der Waals surface area contributed by atoms with Crippen LogP contribution in [-0.4, -0.2) is 18.9 Å². The number of aromatic nitrogens is 4. The van der Waals surface area contributed by atoms with E-state index in [0.717, 1.165) is 11.1 Å². The van der Waals surface area contributed by atoms with E-state index in [9.17, 15) is 14.9 Å². The standard InChI is InChI=1S/C22H16ClN5O2/c1-26-7-6-14(8-21(26)29)16-9-22(30)27(2)13-18(16)15-11-25-28(12-15)20-5-3-4-19(23)17(20)10-24/h3-9,11-13H,1-2H3. The normalized spacial score (nSPS) is 10.7. The van der Waals surface area contributed by atoms with Crippen LogP contribution in [0.1, 0.15) is 5.56 Å². The SMILES string of the molecule is Cn1ccc(-c2cc(=O)n(C)cc2-c2cnn(-c3cccc(Cl)c3C#N)c2)cc1=O. The molecule has 0 aliphatic heterocycles. The zero-order chi connectivity index (χ0) is 21.4. The van der Waals surface area contributed by atoms with E-state index in [4.69, 9.17) is 11.6 Å². The summed E-state index contributed by atoms with van der Waals surface area (Å²) in [5, 5.41) is 14.2. The van der Waals surface area contributed by atoms with Crippen molar-refractivity contribution < 1.29 is 0 Å². The Morgan fingerprint density at radius 2 is 1.73 bits per heavy atom. The number of aryl methyl sites for hydroxylation is 2. The van der Waals surface area contributed by atoms with Gasteiger partial charge in [-0.2, -0.15) is 10.4 Å². The largest absolute Gasteiger partial charge is 0.319 e. The van der Waals surface area contributed by atoms with Gasteiger partial charge < -0.3 is 9.13 Å². The van der Waals surface area contributed by atoms with Crippen LogP contribution in [-0.2, 0) is 14.1 Å². The molecule has 0 saturated carbocycles. The molecule has 0 aliphatic rings. The molecule has 0 bridgehead atoms. The molecule has 0 unspecified atom stereocenters. The summed E-state index contributed by atoms with van der Waals surface area (Å²) >= 11 is 6.14. The Morgan fingerprint density at radius 3 is 2.47 bits per heavy atom. The van der Waals surface area contributed by atoms with Crippen LogP contribution in [0, 0.1) is 11.3 Å². The average molecular weight is 418 g/mol. The van der Waals surface area contributed by atoms with Crippen LogP contribution in [0.15, 0.2) is 70.8 Å². The maximum Gasteiger partial charge on any atom is 0.250 e. The molecule has 3 aromatic heterocycles. The molecule has 0 fully saturated rings. The predicted octanol–water partition coefficient (Wildman–Crippen LogP) is 3.13. The van der Waals surface area contributed by atoms with Crippen molar-refractivity contribution in [2.45, 2.75) is 0 Å². The molecule has 30 heavy (non-hydrogen) atoms. The topological polar surface area (TPSA) is 85.6 Å². The minimum absolute atomic E-state index is 0.174. The molecule has 4 aromatic rings.